The third-order valence-electron chi connectivity index (χ3n) is 1.74. The number of aromatic nitrogens is 2. The van der Waals surface area contributed by atoms with Crippen molar-refractivity contribution in [2.75, 3.05) is 6.61 Å². The quantitative estimate of drug-likeness (QED) is 0.702. The Bertz CT molecular complexity index is 210. The molecule has 1 heterocycles. The minimum absolute atomic E-state index is 0.234. The summed E-state index contributed by atoms with van der Waals surface area (Å²) in [7, 11) is 0. The molecule has 0 bridgehead atoms. The van der Waals surface area contributed by atoms with Crippen molar-refractivity contribution in [3.05, 3.63) is 17.5 Å². The highest BCUT2D eigenvalue weighted by molar-refractivity contribution is 5.12. The van der Waals surface area contributed by atoms with Crippen LogP contribution in [-0.2, 0) is 6.54 Å². The van der Waals surface area contributed by atoms with Crippen LogP contribution in [0.2, 0.25) is 0 Å². The van der Waals surface area contributed by atoms with Gasteiger partial charge in [-0.2, -0.15) is 5.10 Å². The van der Waals surface area contributed by atoms with Gasteiger partial charge < -0.3 is 5.11 Å². The van der Waals surface area contributed by atoms with Crippen LogP contribution in [0.4, 0.5) is 0 Å². The number of nitrogens with zero attached hydrogens (tertiary/aromatic N) is 2. The molecule has 1 aromatic rings. The Morgan fingerprint density at radius 1 is 1.55 bits per heavy atom. The van der Waals surface area contributed by atoms with Gasteiger partial charge in [0.2, 0.25) is 0 Å². The predicted octanol–water partition coefficient (Wildman–Crippen LogP) is 0.882. The fraction of sp³-hybridized carbons (Fsp3) is 0.625. The molecule has 0 aliphatic carbocycles. The first-order valence-electron chi connectivity index (χ1n) is 3.85. The van der Waals surface area contributed by atoms with E-state index in [1.54, 1.807) is 0 Å². The van der Waals surface area contributed by atoms with Gasteiger partial charge in [0, 0.05) is 19.3 Å². The average molecular weight is 154 g/mol. The summed E-state index contributed by atoms with van der Waals surface area (Å²) < 4.78 is 1.88. The number of hydrogen-bond acceptors (Lipinski definition) is 2. The maximum atomic E-state index is 8.56. The summed E-state index contributed by atoms with van der Waals surface area (Å²) in [6.45, 7) is 5.08. The second-order valence-corrected chi connectivity index (χ2v) is 2.74. The monoisotopic (exact) mass is 154 g/mol. The molecule has 0 atom stereocenters. The molecule has 0 fully saturated rings. The molecular weight excluding hydrogens is 140 g/mol. The molecule has 3 nitrogen and oxygen atoms in total. The summed E-state index contributed by atoms with van der Waals surface area (Å²) >= 11 is 0. The van der Waals surface area contributed by atoms with Gasteiger partial charge in [-0.15, -0.1) is 0 Å². The first-order valence-corrected chi connectivity index (χ1v) is 3.85. The highest BCUT2D eigenvalue weighted by Crippen LogP contribution is 2.02. The van der Waals surface area contributed by atoms with Gasteiger partial charge in [-0.05, 0) is 25.8 Å². The van der Waals surface area contributed by atoms with E-state index in [2.05, 4.69) is 5.10 Å². The zero-order valence-electron chi connectivity index (χ0n) is 7.04. The van der Waals surface area contributed by atoms with E-state index in [1.165, 1.54) is 5.56 Å². The summed E-state index contributed by atoms with van der Waals surface area (Å²) in [5.74, 6) is 0. The molecule has 0 amide bonds. The minimum atomic E-state index is 0.234. The number of aliphatic hydroxyl groups is 1. The van der Waals surface area contributed by atoms with E-state index < -0.39 is 0 Å². The van der Waals surface area contributed by atoms with E-state index in [0.29, 0.717) is 0 Å². The van der Waals surface area contributed by atoms with E-state index in [1.807, 2.05) is 24.7 Å². The summed E-state index contributed by atoms with van der Waals surface area (Å²) in [5, 5.41) is 12.8. The van der Waals surface area contributed by atoms with Crippen LogP contribution in [0.3, 0.4) is 0 Å². The summed E-state index contributed by atoms with van der Waals surface area (Å²) in [6.07, 6.45) is 2.78. The van der Waals surface area contributed by atoms with Gasteiger partial charge in [-0.25, -0.2) is 0 Å². The van der Waals surface area contributed by atoms with E-state index in [9.17, 15) is 0 Å². The molecule has 0 radical (unpaired) electrons. The second-order valence-electron chi connectivity index (χ2n) is 2.74. The molecule has 0 saturated heterocycles. The first kappa shape index (κ1) is 8.27. The van der Waals surface area contributed by atoms with Crippen LogP contribution in [0.1, 0.15) is 17.7 Å². The minimum Gasteiger partial charge on any atom is -0.396 e. The van der Waals surface area contributed by atoms with Crippen molar-refractivity contribution < 1.29 is 5.11 Å². The zero-order valence-corrected chi connectivity index (χ0v) is 7.04. The Labute approximate surface area is 66.7 Å². The van der Waals surface area contributed by atoms with Crippen LogP contribution >= 0.6 is 0 Å². The fourth-order valence-corrected chi connectivity index (χ4v) is 0.965. The third kappa shape index (κ3) is 2.05. The highest BCUT2D eigenvalue weighted by atomic mass is 16.3. The van der Waals surface area contributed by atoms with Crippen molar-refractivity contribution in [2.45, 2.75) is 26.8 Å². The van der Waals surface area contributed by atoms with Gasteiger partial charge in [0.1, 0.15) is 0 Å². The fourth-order valence-electron chi connectivity index (χ4n) is 0.965. The molecular formula is C8H14N2O. The number of hydrogen-bond donors (Lipinski definition) is 1. The van der Waals surface area contributed by atoms with E-state index in [0.717, 1.165) is 18.7 Å². The molecule has 1 aromatic heterocycles. The standard InChI is InChI=1S/C8H14N2O/c1-7-6-10(4-3-5-11)9-8(7)2/h6,11H,3-5H2,1-2H3. The largest absolute Gasteiger partial charge is 0.396 e. The highest BCUT2D eigenvalue weighted by Gasteiger charge is 1.97. The Morgan fingerprint density at radius 2 is 2.27 bits per heavy atom. The maximum Gasteiger partial charge on any atom is 0.0622 e. The van der Waals surface area contributed by atoms with E-state index >= 15 is 0 Å². The van der Waals surface area contributed by atoms with Crippen LogP contribution in [-0.4, -0.2) is 21.5 Å². The molecule has 62 valence electrons. The van der Waals surface area contributed by atoms with Crippen molar-refractivity contribution in [3.63, 3.8) is 0 Å². The summed E-state index contributed by atoms with van der Waals surface area (Å²) in [4.78, 5) is 0. The van der Waals surface area contributed by atoms with Crippen molar-refractivity contribution in [1.82, 2.24) is 9.78 Å². The third-order valence-corrected chi connectivity index (χ3v) is 1.74. The van der Waals surface area contributed by atoms with Crippen molar-refractivity contribution >= 4 is 0 Å². The predicted molar refractivity (Wildman–Crippen MR) is 43.4 cm³/mol. The van der Waals surface area contributed by atoms with Crippen LogP contribution in [0, 0.1) is 13.8 Å². The number of aliphatic hydroxyl groups excluding tert-OH is 1. The zero-order chi connectivity index (χ0) is 8.27. The number of aryl methyl sites for hydroxylation is 3. The van der Waals surface area contributed by atoms with E-state index in [4.69, 9.17) is 5.11 Å². The number of rotatable bonds is 3. The molecule has 1 N–H and O–H groups in total. The van der Waals surface area contributed by atoms with Crippen molar-refractivity contribution in [1.29, 1.82) is 0 Å². The molecule has 3 heteroatoms. The van der Waals surface area contributed by atoms with Gasteiger partial charge in [0.05, 0.1) is 5.69 Å². The molecule has 11 heavy (non-hydrogen) atoms. The molecule has 0 unspecified atom stereocenters. The molecule has 1 rings (SSSR count). The summed E-state index contributed by atoms with van der Waals surface area (Å²) in [6, 6.07) is 0. The lowest BCUT2D eigenvalue weighted by molar-refractivity contribution is 0.277. The second kappa shape index (κ2) is 3.53. The molecule has 0 aliphatic rings. The maximum absolute atomic E-state index is 8.56. The van der Waals surface area contributed by atoms with Gasteiger partial charge in [-0.3, -0.25) is 4.68 Å². The Morgan fingerprint density at radius 3 is 2.73 bits per heavy atom. The van der Waals surface area contributed by atoms with Crippen LogP contribution in [0.15, 0.2) is 6.20 Å². The van der Waals surface area contributed by atoms with Crippen LogP contribution in [0.5, 0.6) is 0 Å². The summed E-state index contributed by atoms with van der Waals surface area (Å²) in [5.41, 5.74) is 2.28. The lowest BCUT2D eigenvalue weighted by Gasteiger charge is -1.96. The van der Waals surface area contributed by atoms with Gasteiger partial charge in [-0.1, -0.05) is 0 Å². The molecule has 0 saturated carbocycles. The topological polar surface area (TPSA) is 38.0 Å². The molecule has 0 aromatic carbocycles. The molecule has 0 spiro atoms. The smallest absolute Gasteiger partial charge is 0.0622 e. The Balaban J connectivity index is 2.58. The lowest BCUT2D eigenvalue weighted by Crippen LogP contribution is -2.00. The Hall–Kier alpha value is -0.830. The average Bonchev–Trinajstić information content (AvgIpc) is 2.28. The lowest BCUT2D eigenvalue weighted by atomic mass is 10.3. The van der Waals surface area contributed by atoms with E-state index in [-0.39, 0.29) is 6.61 Å². The van der Waals surface area contributed by atoms with Crippen LogP contribution in [0.25, 0.3) is 0 Å². The van der Waals surface area contributed by atoms with Gasteiger partial charge >= 0.3 is 0 Å². The SMILES string of the molecule is Cc1cn(CCCO)nc1C. The van der Waals surface area contributed by atoms with Crippen LogP contribution < -0.4 is 0 Å². The normalized spacial score (nSPS) is 10.5. The van der Waals surface area contributed by atoms with Crippen molar-refractivity contribution in [3.8, 4) is 0 Å². The molecule has 0 aliphatic heterocycles. The first-order chi connectivity index (χ1) is 5.24. The van der Waals surface area contributed by atoms with Gasteiger partial charge in [0.25, 0.3) is 0 Å². The Kier molecular flexibility index (Phi) is 2.65. The van der Waals surface area contributed by atoms with Gasteiger partial charge in [0.15, 0.2) is 0 Å². The van der Waals surface area contributed by atoms with Crippen molar-refractivity contribution in [2.24, 2.45) is 0 Å².